The van der Waals surface area contributed by atoms with Gasteiger partial charge in [-0.25, -0.2) is 4.98 Å². The van der Waals surface area contributed by atoms with E-state index < -0.39 is 4.92 Å². The van der Waals surface area contributed by atoms with Crippen molar-refractivity contribution >= 4 is 17.5 Å². The van der Waals surface area contributed by atoms with Crippen molar-refractivity contribution < 1.29 is 15.1 Å². The molecule has 0 saturated heterocycles. The number of hydrogen-bond donors (Lipinski definition) is 3. The van der Waals surface area contributed by atoms with E-state index >= 15 is 0 Å². The van der Waals surface area contributed by atoms with Crippen molar-refractivity contribution in [1.29, 1.82) is 0 Å². The Labute approximate surface area is 116 Å². The van der Waals surface area contributed by atoms with E-state index in [1.165, 1.54) is 11.8 Å². The molecule has 9 nitrogen and oxygen atoms in total. The Morgan fingerprint density at radius 2 is 1.90 bits per heavy atom. The lowest BCUT2D eigenvalue weighted by atomic mass is 10.3. The second-order valence-corrected chi connectivity index (χ2v) is 4.03. The predicted molar refractivity (Wildman–Crippen MR) is 74.0 cm³/mol. The van der Waals surface area contributed by atoms with E-state index in [0.717, 1.165) is 0 Å². The van der Waals surface area contributed by atoms with Gasteiger partial charge >= 0.3 is 5.69 Å². The Kier molecular flexibility index (Phi) is 6.07. The maximum absolute atomic E-state index is 11.2. The molecular weight excluding hydrogens is 266 g/mol. The lowest BCUT2D eigenvalue weighted by Gasteiger charge is -2.22. The molecule has 0 aliphatic carbocycles. The van der Waals surface area contributed by atoms with Crippen molar-refractivity contribution in [2.45, 2.75) is 13.8 Å². The number of rotatable bonds is 8. The summed E-state index contributed by atoms with van der Waals surface area (Å²) in [7, 11) is 0. The maximum Gasteiger partial charge on any atom is 0.332 e. The number of aliphatic hydroxyl groups is 2. The molecule has 0 aliphatic rings. The number of hydrogen-bond acceptors (Lipinski definition) is 8. The van der Waals surface area contributed by atoms with Crippen molar-refractivity contribution in [2.75, 3.05) is 43.1 Å². The summed E-state index contributed by atoms with van der Waals surface area (Å²) in [6.07, 6.45) is 0. The number of aliphatic hydroxyl groups excluding tert-OH is 2. The summed E-state index contributed by atoms with van der Waals surface area (Å²) in [5, 5.41) is 32.2. The monoisotopic (exact) mass is 285 g/mol. The first-order valence-electron chi connectivity index (χ1n) is 6.28. The Hall–Kier alpha value is -2.00. The summed E-state index contributed by atoms with van der Waals surface area (Å²) in [4.78, 5) is 20.2. The maximum atomic E-state index is 11.2. The highest BCUT2D eigenvalue weighted by Gasteiger charge is 2.26. The van der Waals surface area contributed by atoms with E-state index in [1.54, 1.807) is 0 Å². The molecule has 1 aromatic rings. The van der Waals surface area contributed by atoms with Gasteiger partial charge in [-0.3, -0.25) is 10.1 Å². The Morgan fingerprint density at radius 1 is 1.30 bits per heavy atom. The average molecular weight is 285 g/mol. The van der Waals surface area contributed by atoms with Gasteiger partial charge in [0.1, 0.15) is 5.69 Å². The van der Waals surface area contributed by atoms with Gasteiger partial charge in [-0.05, 0) is 13.8 Å². The van der Waals surface area contributed by atoms with Crippen LogP contribution in [-0.4, -0.2) is 58.0 Å². The van der Waals surface area contributed by atoms with Gasteiger partial charge in [-0.15, -0.1) is 0 Å². The Balaban J connectivity index is 3.32. The van der Waals surface area contributed by atoms with Crippen LogP contribution in [0.25, 0.3) is 0 Å². The molecule has 9 heteroatoms. The molecule has 3 N–H and O–H groups in total. The molecule has 0 radical (unpaired) electrons. The molecule has 1 rings (SSSR count). The molecule has 0 atom stereocenters. The summed E-state index contributed by atoms with van der Waals surface area (Å²) in [6, 6.07) is 0. The van der Waals surface area contributed by atoms with E-state index in [0.29, 0.717) is 6.54 Å². The van der Waals surface area contributed by atoms with Crippen LogP contribution in [0.15, 0.2) is 0 Å². The summed E-state index contributed by atoms with van der Waals surface area (Å²) < 4.78 is 0. The van der Waals surface area contributed by atoms with Gasteiger partial charge in [0.05, 0.1) is 18.1 Å². The number of nitrogens with zero attached hydrogens (tertiary/aromatic N) is 4. The lowest BCUT2D eigenvalue weighted by Crippen LogP contribution is -2.31. The Morgan fingerprint density at radius 3 is 2.35 bits per heavy atom. The molecule has 112 valence electrons. The number of aromatic nitrogens is 2. The van der Waals surface area contributed by atoms with Gasteiger partial charge in [0, 0.05) is 19.6 Å². The van der Waals surface area contributed by atoms with Gasteiger partial charge in [-0.2, -0.15) is 4.98 Å². The predicted octanol–water partition coefficient (Wildman–Crippen LogP) is -0.0840. The van der Waals surface area contributed by atoms with Gasteiger partial charge in [-0.1, -0.05) is 0 Å². The standard InChI is InChI=1S/C11H19N5O4/c1-3-12-11-13-8(2)9(16(19)20)10(14-11)15(4-6-17)5-7-18/h17-18H,3-7H2,1-2H3,(H,12,13,14). The van der Waals surface area contributed by atoms with E-state index in [2.05, 4.69) is 15.3 Å². The minimum absolute atomic E-state index is 0.0987. The molecule has 0 saturated carbocycles. The van der Waals surface area contributed by atoms with E-state index in [9.17, 15) is 10.1 Å². The van der Waals surface area contributed by atoms with Crippen LogP contribution in [0.5, 0.6) is 0 Å². The van der Waals surface area contributed by atoms with Crippen molar-refractivity contribution in [1.82, 2.24) is 9.97 Å². The van der Waals surface area contributed by atoms with Crippen LogP contribution < -0.4 is 10.2 Å². The lowest BCUT2D eigenvalue weighted by molar-refractivity contribution is -0.385. The normalized spacial score (nSPS) is 10.4. The summed E-state index contributed by atoms with van der Waals surface area (Å²) in [5.74, 6) is 0.382. The molecule has 1 heterocycles. The summed E-state index contributed by atoms with van der Waals surface area (Å²) >= 11 is 0. The van der Waals surface area contributed by atoms with E-state index in [1.807, 2.05) is 6.92 Å². The van der Waals surface area contributed by atoms with Crippen molar-refractivity contribution in [3.63, 3.8) is 0 Å². The fourth-order valence-electron chi connectivity index (χ4n) is 1.79. The van der Waals surface area contributed by atoms with Crippen LogP contribution in [0.1, 0.15) is 12.6 Å². The van der Waals surface area contributed by atoms with Gasteiger partial charge < -0.3 is 20.4 Å². The zero-order chi connectivity index (χ0) is 15.1. The van der Waals surface area contributed by atoms with Crippen molar-refractivity contribution in [3.05, 3.63) is 15.8 Å². The third-order valence-electron chi connectivity index (χ3n) is 2.60. The smallest absolute Gasteiger partial charge is 0.332 e. The minimum Gasteiger partial charge on any atom is -0.395 e. The molecule has 0 fully saturated rings. The molecule has 0 amide bonds. The van der Waals surface area contributed by atoms with Gasteiger partial charge in [0.2, 0.25) is 11.8 Å². The van der Waals surface area contributed by atoms with Crippen LogP contribution >= 0.6 is 0 Å². The fraction of sp³-hybridized carbons (Fsp3) is 0.636. The van der Waals surface area contributed by atoms with Crippen LogP contribution in [0.4, 0.5) is 17.5 Å². The molecule has 0 unspecified atom stereocenters. The largest absolute Gasteiger partial charge is 0.395 e. The number of aryl methyl sites for hydroxylation is 1. The van der Waals surface area contributed by atoms with E-state index in [-0.39, 0.29) is 49.5 Å². The first kappa shape index (κ1) is 16.1. The van der Waals surface area contributed by atoms with Crippen molar-refractivity contribution in [3.8, 4) is 0 Å². The average Bonchev–Trinajstić information content (AvgIpc) is 2.37. The molecule has 1 aromatic heterocycles. The van der Waals surface area contributed by atoms with Crippen LogP contribution in [-0.2, 0) is 0 Å². The Bertz CT molecular complexity index is 462. The fourth-order valence-corrected chi connectivity index (χ4v) is 1.79. The topological polar surface area (TPSA) is 125 Å². The highest BCUT2D eigenvalue weighted by atomic mass is 16.6. The second-order valence-electron chi connectivity index (χ2n) is 4.03. The number of nitro groups is 1. The molecule has 0 bridgehead atoms. The summed E-state index contributed by atoms with van der Waals surface area (Å²) in [6.45, 7) is 3.86. The minimum atomic E-state index is -0.553. The van der Waals surface area contributed by atoms with Crippen LogP contribution in [0, 0.1) is 17.0 Å². The molecule has 0 spiro atoms. The van der Waals surface area contributed by atoms with Crippen molar-refractivity contribution in [2.24, 2.45) is 0 Å². The first-order valence-corrected chi connectivity index (χ1v) is 6.28. The third-order valence-corrected chi connectivity index (χ3v) is 2.60. The highest BCUT2D eigenvalue weighted by Crippen LogP contribution is 2.29. The quantitative estimate of drug-likeness (QED) is 0.447. The second kappa shape index (κ2) is 7.56. The number of nitrogens with one attached hydrogen (secondary N) is 1. The van der Waals surface area contributed by atoms with Gasteiger partial charge in [0.25, 0.3) is 0 Å². The first-order chi connectivity index (χ1) is 9.54. The molecule has 20 heavy (non-hydrogen) atoms. The molecule has 0 aromatic carbocycles. The third kappa shape index (κ3) is 3.75. The molecule has 0 aliphatic heterocycles. The van der Waals surface area contributed by atoms with E-state index in [4.69, 9.17) is 10.2 Å². The SMILES string of the molecule is CCNc1nc(C)c([N+](=O)[O-])c(N(CCO)CCO)n1. The zero-order valence-corrected chi connectivity index (χ0v) is 11.5. The van der Waals surface area contributed by atoms with Crippen LogP contribution in [0.3, 0.4) is 0 Å². The highest BCUT2D eigenvalue weighted by molar-refractivity contribution is 5.62. The summed E-state index contributed by atoms with van der Waals surface area (Å²) in [5.41, 5.74) is 0.0189. The number of anilines is 2. The zero-order valence-electron chi connectivity index (χ0n) is 11.5. The molecular formula is C11H19N5O4. The van der Waals surface area contributed by atoms with Gasteiger partial charge in [0.15, 0.2) is 0 Å². The van der Waals surface area contributed by atoms with Crippen LogP contribution in [0.2, 0.25) is 0 Å².